The summed E-state index contributed by atoms with van der Waals surface area (Å²) in [7, 11) is -8.24. The number of benzene rings is 2. The second-order valence-electron chi connectivity index (χ2n) is 4.22. The third-order valence-electron chi connectivity index (χ3n) is 2.60. The van der Waals surface area contributed by atoms with Gasteiger partial charge >= 0.3 is 0 Å². The Morgan fingerprint density at radius 1 is 0.700 bits per heavy atom. The van der Waals surface area contributed by atoms with E-state index in [0.29, 0.717) is 0 Å². The summed E-state index contributed by atoms with van der Waals surface area (Å²) in [6.45, 7) is 1.81. The molecule has 7 heteroatoms. The van der Waals surface area contributed by atoms with Crippen molar-refractivity contribution in [1.29, 1.82) is 0 Å². The van der Waals surface area contributed by atoms with Gasteiger partial charge in [0.1, 0.15) is 0 Å². The van der Waals surface area contributed by atoms with Gasteiger partial charge in [-0.25, -0.2) is 16.8 Å². The number of hydrogen-bond acceptors (Lipinski definition) is 4. The summed E-state index contributed by atoms with van der Waals surface area (Å²) in [6, 6.07) is 13.3. The van der Waals surface area contributed by atoms with Crippen LogP contribution in [-0.2, 0) is 20.0 Å². The molecule has 20 heavy (non-hydrogen) atoms. The van der Waals surface area contributed by atoms with Gasteiger partial charge in [0.15, 0.2) is 0 Å². The Morgan fingerprint density at radius 2 is 1.15 bits per heavy atom. The van der Waals surface area contributed by atoms with Gasteiger partial charge in [-0.2, -0.15) is 0 Å². The number of sulfonamides is 2. The largest absolute Gasteiger partial charge is 0.253 e. The Kier molecular flexibility index (Phi) is 3.94. The van der Waals surface area contributed by atoms with Gasteiger partial charge in [0.2, 0.25) is 0 Å². The number of aryl methyl sites for hydroxylation is 1. The molecule has 0 aliphatic heterocycles. The normalized spacial score (nSPS) is 12.2. The van der Waals surface area contributed by atoms with Crippen LogP contribution in [0.1, 0.15) is 5.56 Å². The molecular formula is C13H13NO4S2. The third-order valence-corrected chi connectivity index (χ3v) is 6.15. The Labute approximate surface area is 118 Å². The lowest BCUT2D eigenvalue weighted by Gasteiger charge is -2.08. The molecule has 0 aliphatic carbocycles. The van der Waals surface area contributed by atoms with Crippen molar-refractivity contribution in [2.75, 3.05) is 0 Å². The molecule has 2 rings (SSSR count). The maximum atomic E-state index is 12.0. The van der Waals surface area contributed by atoms with Crippen LogP contribution in [0, 0.1) is 6.92 Å². The first kappa shape index (κ1) is 14.7. The van der Waals surface area contributed by atoms with Gasteiger partial charge in [-0.1, -0.05) is 35.9 Å². The van der Waals surface area contributed by atoms with Crippen molar-refractivity contribution in [3.05, 3.63) is 60.2 Å². The second-order valence-corrected chi connectivity index (χ2v) is 7.84. The highest BCUT2D eigenvalue weighted by Crippen LogP contribution is 2.14. The number of rotatable bonds is 4. The molecule has 0 heterocycles. The minimum Gasteiger partial charge on any atom is -0.206 e. The van der Waals surface area contributed by atoms with Crippen LogP contribution in [0.25, 0.3) is 0 Å². The van der Waals surface area contributed by atoms with Crippen molar-refractivity contribution in [2.45, 2.75) is 16.7 Å². The van der Waals surface area contributed by atoms with Crippen molar-refractivity contribution >= 4 is 20.0 Å². The van der Waals surface area contributed by atoms with E-state index in [-0.39, 0.29) is 9.79 Å². The van der Waals surface area contributed by atoms with Gasteiger partial charge in [0.05, 0.1) is 9.79 Å². The van der Waals surface area contributed by atoms with E-state index in [1.807, 2.05) is 6.92 Å². The Balaban J connectivity index is 2.36. The highest BCUT2D eigenvalue weighted by atomic mass is 32.3. The maximum absolute atomic E-state index is 12.0. The van der Waals surface area contributed by atoms with E-state index in [2.05, 4.69) is 0 Å². The van der Waals surface area contributed by atoms with Crippen LogP contribution in [0.5, 0.6) is 0 Å². The third kappa shape index (κ3) is 3.24. The zero-order chi connectivity index (χ0) is 14.8. The lowest BCUT2D eigenvalue weighted by Crippen LogP contribution is -2.30. The topological polar surface area (TPSA) is 80.3 Å². The molecule has 0 atom stereocenters. The summed E-state index contributed by atoms with van der Waals surface area (Å²) in [5, 5.41) is 0. The van der Waals surface area contributed by atoms with E-state index in [9.17, 15) is 16.8 Å². The maximum Gasteiger partial charge on any atom is 0.253 e. The quantitative estimate of drug-likeness (QED) is 0.931. The zero-order valence-corrected chi connectivity index (χ0v) is 12.3. The molecule has 0 radical (unpaired) electrons. The van der Waals surface area contributed by atoms with Crippen molar-refractivity contribution < 1.29 is 16.8 Å². The van der Waals surface area contributed by atoms with E-state index in [1.165, 1.54) is 36.4 Å². The molecule has 0 amide bonds. The molecule has 0 aromatic heterocycles. The summed E-state index contributed by atoms with van der Waals surface area (Å²) in [5.41, 5.74) is 0.884. The monoisotopic (exact) mass is 311 g/mol. The van der Waals surface area contributed by atoms with Crippen molar-refractivity contribution in [1.82, 2.24) is 4.13 Å². The first-order valence-electron chi connectivity index (χ1n) is 5.72. The van der Waals surface area contributed by atoms with Gasteiger partial charge < -0.3 is 0 Å². The molecule has 0 aliphatic rings. The molecule has 106 valence electrons. The van der Waals surface area contributed by atoms with E-state index in [0.717, 1.165) is 5.56 Å². The summed E-state index contributed by atoms with van der Waals surface area (Å²) in [5.74, 6) is 0. The van der Waals surface area contributed by atoms with Gasteiger partial charge in [-0.15, -0.1) is 4.13 Å². The van der Waals surface area contributed by atoms with Crippen LogP contribution in [-0.4, -0.2) is 16.8 Å². The Morgan fingerprint density at radius 3 is 1.65 bits per heavy atom. The van der Waals surface area contributed by atoms with E-state index in [4.69, 9.17) is 0 Å². The minimum atomic E-state index is -4.12. The van der Waals surface area contributed by atoms with Crippen LogP contribution in [0.3, 0.4) is 0 Å². The smallest absolute Gasteiger partial charge is 0.206 e. The van der Waals surface area contributed by atoms with Gasteiger partial charge in [0, 0.05) is 0 Å². The van der Waals surface area contributed by atoms with Crippen molar-refractivity contribution in [3.63, 3.8) is 0 Å². The molecule has 0 bridgehead atoms. The fraction of sp³-hybridized carbons (Fsp3) is 0.0769. The van der Waals surface area contributed by atoms with Crippen LogP contribution >= 0.6 is 0 Å². The van der Waals surface area contributed by atoms with Crippen LogP contribution in [0.15, 0.2) is 64.4 Å². The minimum absolute atomic E-state index is 0.0948. The first-order valence-corrected chi connectivity index (χ1v) is 8.68. The van der Waals surface area contributed by atoms with E-state index >= 15 is 0 Å². The zero-order valence-electron chi connectivity index (χ0n) is 10.6. The van der Waals surface area contributed by atoms with E-state index in [1.54, 1.807) is 22.3 Å². The number of nitrogens with one attached hydrogen (secondary N) is 1. The lowest BCUT2D eigenvalue weighted by atomic mass is 10.2. The number of hydrogen-bond donors (Lipinski definition) is 1. The SMILES string of the molecule is Cc1ccc(S(=O)(=O)NS(=O)(=O)c2ccccc2)cc1. The first-order chi connectivity index (χ1) is 9.31. The van der Waals surface area contributed by atoms with Gasteiger partial charge in [0.25, 0.3) is 20.0 Å². The molecule has 5 nitrogen and oxygen atoms in total. The van der Waals surface area contributed by atoms with Crippen LogP contribution in [0.4, 0.5) is 0 Å². The van der Waals surface area contributed by atoms with Crippen molar-refractivity contribution in [2.24, 2.45) is 0 Å². The predicted molar refractivity (Wildman–Crippen MR) is 75.1 cm³/mol. The van der Waals surface area contributed by atoms with E-state index < -0.39 is 20.0 Å². The molecule has 0 fully saturated rings. The highest BCUT2D eigenvalue weighted by molar-refractivity contribution is 8.04. The standard InChI is InChI=1S/C13H13NO4S2/c1-11-7-9-13(10-8-11)20(17,18)14-19(15,16)12-5-3-2-4-6-12/h2-10,14H,1H3. The molecule has 0 saturated carbocycles. The molecule has 0 spiro atoms. The van der Waals surface area contributed by atoms with Crippen LogP contribution < -0.4 is 4.13 Å². The highest BCUT2D eigenvalue weighted by Gasteiger charge is 2.24. The van der Waals surface area contributed by atoms with Gasteiger partial charge in [-0.05, 0) is 31.2 Å². The van der Waals surface area contributed by atoms with Crippen molar-refractivity contribution in [3.8, 4) is 0 Å². The Hall–Kier alpha value is -1.70. The molecule has 0 unspecified atom stereocenters. The Bertz CT molecular complexity index is 795. The lowest BCUT2D eigenvalue weighted by molar-refractivity contribution is 0.577. The second kappa shape index (κ2) is 5.35. The average Bonchev–Trinajstić information content (AvgIpc) is 2.39. The summed E-state index contributed by atoms with van der Waals surface area (Å²) >= 11 is 0. The van der Waals surface area contributed by atoms with Crippen LogP contribution in [0.2, 0.25) is 0 Å². The average molecular weight is 311 g/mol. The fourth-order valence-electron chi connectivity index (χ4n) is 1.56. The summed E-state index contributed by atoms with van der Waals surface area (Å²) in [6.07, 6.45) is 0. The molecule has 1 N–H and O–H groups in total. The predicted octanol–water partition coefficient (Wildman–Crippen LogP) is 1.66. The summed E-state index contributed by atoms with van der Waals surface area (Å²) in [4.78, 5) is -0.196. The molecule has 2 aromatic rings. The molecule has 0 saturated heterocycles. The fourth-order valence-corrected chi connectivity index (χ4v) is 4.49. The van der Waals surface area contributed by atoms with Gasteiger partial charge in [-0.3, -0.25) is 0 Å². The molecular weight excluding hydrogens is 298 g/mol. The summed E-state index contributed by atoms with van der Waals surface area (Å²) < 4.78 is 49.8. The molecule has 2 aromatic carbocycles.